The Bertz CT molecular complexity index is 181. The smallest absolute Gasteiger partial charge is 0.132 e. The van der Waals surface area contributed by atoms with E-state index in [4.69, 9.17) is 0 Å². The van der Waals surface area contributed by atoms with Crippen LogP contribution in [0.3, 0.4) is 0 Å². The van der Waals surface area contributed by atoms with Crippen molar-refractivity contribution in [3.63, 3.8) is 0 Å². The third-order valence-corrected chi connectivity index (χ3v) is 1.72. The van der Waals surface area contributed by atoms with Crippen molar-refractivity contribution in [3.05, 3.63) is 36.4 Å². The zero-order chi connectivity index (χ0) is 10.6. The molecule has 0 bridgehead atoms. The summed E-state index contributed by atoms with van der Waals surface area (Å²) in [6.45, 7) is 4.07. The van der Waals surface area contributed by atoms with Gasteiger partial charge >= 0.3 is 0 Å². The minimum atomic E-state index is 0.412. The van der Waals surface area contributed by atoms with E-state index in [0.717, 1.165) is 25.7 Å². The quantitative estimate of drug-likeness (QED) is 0.708. The van der Waals surface area contributed by atoms with Crippen molar-refractivity contribution in [2.75, 3.05) is 0 Å². The average Bonchev–Trinajstić information content (AvgIpc) is 2.22. The second kappa shape index (κ2) is 9.97. The minimum Gasteiger partial charge on any atom is -0.300 e. The van der Waals surface area contributed by atoms with E-state index in [-0.39, 0.29) is 0 Å². The predicted octanol–water partition coefficient (Wildman–Crippen LogP) is 3.84. The Balaban J connectivity index is 0.000000249. The molecule has 0 saturated heterocycles. The third kappa shape index (κ3) is 8.98. The molecule has 1 rings (SSSR count). The normalized spacial score (nSPS) is 8.71. The molecule has 0 saturated carbocycles. The monoisotopic (exact) mass is 192 g/mol. The van der Waals surface area contributed by atoms with E-state index in [9.17, 15) is 4.79 Å². The zero-order valence-electron chi connectivity index (χ0n) is 9.20. The molecule has 0 atom stereocenters. The van der Waals surface area contributed by atoms with Gasteiger partial charge < -0.3 is 0 Å². The van der Waals surface area contributed by atoms with Gasteiger partial charge in [0.05, 0.1) is 0 Å². The summed E-state index contributed by atoms with van der Waals surface area (Å²) in [5.41, 5.74) is 0. The lowest BCUT2D eigenvalue weighted by atomic mass is 10.1. The molecule has 0 amide bonds. The highest BCUT2D eigenvalue weighted by molar-refractivity contribution is 5.78. The van der Waals surface area contributed by atoms with E-state index in [1.54, 1.807) is 0 Å². The third-order valence-electron chi connectivity index (χ3n) is 1.72. The van der Waals surface area contributed by atoms with Gasteiger partial charge in [0.1, 0.15) is 5.78 Å². The minimum absolute atomic E-state index is 0.412. The Kier molecular flexibility index (Phi) is 9.18. The average molecular weight is 192 g/mol. The Hall–Kier alpha value is -1.11. The number of carbonyl (C=O) groups excluding carboxylic acids is 1. The van der Waals surface area contributed by atoms with Crippen LogP contribution >= 0.6 is 0 Å². The molecule has 1 aromatic carbocycles. The lowest BCUT2D eigenvalue weighted by Crippen LogP contribution is -1.93. The maximum absolute atomic E-state index is 10.6. The topological polar surface area (TPSA) is 17.1 Å². The maximum atomic E-state index is 10.6. The van der Waals surface area contributed by atoms with Crippen LogP contribution in [-0.2, 0) is 4.79 Å². The van der Waals surface area contributed by atoms with Crippen LogP contribution in [0.2, 0.25) is 0 Å². The molecule has 0 aliphatic carbocycles. The number of carbonyl (C=O) groups is 1. The number of rotatable bonds is 4. The summed E-state index contributed by atoms with van der Waals surface area (Å²) in [7, 11) is 0. The maximum Gasteiger partial charge on any atom is 0.132 e. The predicted molar refractivity (Wildman–Crippen MR) is 61.3 cm³/mol. The molecule has 78 valence electrons. The molecule has 0 aliphatic heterocycles. The van der Waals surface area contributed by atoms with Crippen molar-refractivity contribution in [1.29, 1.82) is 0 Å². The number of ketones is 1. The standard InChI is InChI=1S/C7H14O.C6H6/c1-3-5-7(8)6-4-2;1-2-4-6-5-3-1/h3-6H2,1-2H3;1-6H. The molecule has 0 aromatic heterocycles. The fourth-order valence-corrected chi connectivity index (χ4v) is 1.07. The molecule has 1 heteroatoms. The van der Waals surface area contributed by atoms with Crippen molar-refractivity contribution in [2.24, 2.45) is 0 Å². The van der Waals surface area contributed by atoms with Gasteiger partial charge in [-0.25, -0.2) is 0 Å². The molecular formula is C13H20O. The van der Waals surface area contributed by atoms with Crippen LogP contribution in [0.15, 0.2) is 36.4 Å². The van der Waals surface area contributed by atoms with Gasteiger partial charge in [-0.1, -0.05) is 50.2 Å². The molecule has 0 aliphatic rings. The van der Waals surface area contributed by atoms with Gasteiger partial charge in [0.25, 0.3) is 0 Å². The second-order valence-corrected chi connectivity index (χ2v) is 3.19. The van der Waals surface area contributed by atoms with Crippen LogP contribution in [0, 0.1) is 0 Å². The fourth-order valence-electron chi connectivity index (χ4n) is 1.07. The fraction of sp³-hybridized carbons (Fsp3) is 0.462. The highest BCUT2D eigenvalue weighted by atomic mass is 16.1. The van der Waals surface area contributed by atoms with Crippen LogP contribution in [0.1, 0.15) is 39.5 Å². The highest BCUT2D eigenvalue weighted by Gasteiger charge is 1.94. The molecule has 1 nitrogen and oxygen atoms in total. The lowest BCUT2D eigenvalue weighted by molar-refractivity contribution is -0.119. The van der Waals surface area contributed by atoms with Gasteiger partial charge in [-0.2, -0.15) is 0 Å². The molecule has 0 unspecified atom stereocenters. The summed E-state index contributed by atoms with van der Waals surface area (Å²) in [6.07, 6.45) is 3.54. The van der Waals surface area contributed by atoms with E-state index in [2.05, 4.69) is 0 Å². The first kappa shape index (κ1) is 12.9. The lowest BCUT2D eigenvalue weighted by Gasteiger charge is -1.91. The number of hydrogen-bond acceptors (Lipinski definition) is 1. The van der Waals surface area contributed by atoms with Crippen molar-refractivity contribution in [2.45, 2.75) is 39.5 Å². The summed E-state index contributed by atoms with van der Waals surface area (Å²) < 4.78 is 0. The zero-order valence-corrected chi connectivity index (χ0v) is 9.20. The van der Waals surface area contributed by atoms with Gasteiger partial charge in [0.2, 0.25) is 0 Å². The number of hydrogen-bond donors (Lipinski definition) is 0. The van der Waals surface area contributed by atoms with Gasteiger partial charge in [-0.05, 0) is 12.8 Å². The van der Waals surface area contributed by atoms with Crippen molar-refractivity contribution in [3.8, 4) is 0 Å². The highest BCUT2D eigenvalue weighted by Crippen LogP contribution is 1.95. The molecular weight excluding hydrogens is 172 g/mol. The Morgan fingerprint density at radius 3 is 1.29 bits per heavy atom. The summed E-state index contributed by atoms with van der Waals surface area (Å²) in [6, 6.07) is 12.0. The van der Waals surface area contributed by atoms with E-state index in [0.29, 0.717) is 5.78 Å². The summed E-state index contributed by atoms with van der Waals surface area (Å²) in [5.74, 6) is 0.412. The molecule has 0 fully saturated rings. The van der Waals surface area contributed by atoms with E-state index >= 15 is 0 Å². The van der Waals surface area contributed by atoms with Crippen molar-refractivity contribution < 1.29 is 4.79 Å². The van der Waals surface area contributed by atoms with E-state index in [1.165, 1.54) is 0 Å². The molecule has 0 radical (unpaired) electrons. The molecule has 0 spiro atoms. The SMILES string of the molecule is CCCC(=O)CCC.c1ccccc1. The van der Waals surface area contributed by atoms with Crippen LogP contribution < -0.4 is 0 Å². The molecule has 0 N–H and O–H groups in total. The van der Waals surface area contributed by atoms with Gasteiger partial charge in [-0.15, -0.1) is 0 Å². The largest absolute Gasteiger partial charge is 0.300 e. The molecule has 14 heavy (non-hydrogen) atoms. The van der Waals surface area contributed by atoms with Crippen LogP contribution in [-0.4, -0.2) is 5.78 Å². The van der Waals surface area contributed by atoms with Crippen molar-refractivity contribution >= 4 is 5.78 Å². The van der Waals surface area contributed by atoms with Gasteiger partial charge in [0, 0.05) is 12.8 Å². The van der Waals surface area contributed by atoms with Crippen LogP contribution in [0.5, 0.6) is 0 Å². The molecule has 1 aromatic rings. The first-order chi connectivity index (χ1) is 6.81. The first-order valence-electron chi connectivity index (χ1n) is 5.33. The summed E-state index contributed by atoms with van der Waals surface area (Å²) >= 11 is 0. The van der Waals surface area contributed by atoms with E-state index in [1.807, 2.05) is 50.2 Å². The summed E-state index contributed by atoms with van der Waals surface area (Å²) in [5, 5.41) is 0. The van der Waals surface area contributed by atoms with Crippen LogP contribution in [0.4, 0.5) is 0 Å². The first-order valence-corrected chi connectivity index (χ1v) is 5.33. The Labute approximate surface area is 87.2 Å². The van der Waals surface area contributed by atoms with Gasteiger partial charge in [-0.3, -0.25) is 4.79 Å². The van der Waals surface area contributed by atoms with Crippen LogP contribution in [0.25, 0.3) is 0 Å². The number of Topliss-reactive ketones (excluding diaryl/α,β-unsaturated/α-hetero) is 1. The second-order valence-electron chi connectivity index (χ2n) is 3.19. The van der Waals surface area contributed by atoms with Gasteiger partial charge in [0.15, 0.2) is 0 Å². The Morgan fingerprint density at radius 1 is 0.786 bits per heavy atom. The van der Waals surface area contributed by atoms with Crippen molar-refractivity contribution in [1.82, 2.24) is 0 Å². The van der Waals surface area contributed by atoms with E-state index < -0.39 is 0 Å². The molecule has 0 heterocycles. The number of benzene rings is 1. The Morgan fingerprint density at radius 2 is 1.07 bits per heavy atom. The summed E-state index contributed by atoms with van der Waals surface area (Å²) in [4.78, 5) is 10.6.